The third kappa shape index (κ3) is 6.25. The zero-order valence-electron chi connectivity index (χ0n) is 10.9. The molecule has 1 rings (SSSR count). The topological polar surface area (TPSA) is 72.2 Å². The molecule has 0 fully saturated rings. The van der Waals surface area contributed by atoms with Crippen molar-refractivity contribution in [2.75, 3.05) is 10.5 Å². The van der Waals surface area contributed by atoms with Crippen molar-refractivity contribution in [2.45, 2.75) is 32.0 Å². The van der Waals surface area contributed by atoms with Crippen LogP contribution in [0.3, 0.4) is 0 Å². The van der Waals surface area contributed by atoms with Gasteiger partial charge in [0.2, 0.25) is 10.0 Å². The molecule has 0 aliphatic carbocycles. The number of anilines is 1. The van der Waals surface area contributed by atoms with Crippen LogP contribution in [0.2, 0.25) is 0 Å². The van der Waals surface area contributed by atoms with E-state index in [2.05, 4.69) is 4.72 Å². The van der Waals surface area contributed by atoms with Crippen LogP contribution >= 0.6 is 0 Å². The predicted molar refractivity (Wildman–Crippen MR) is 71.7 cm³/mol. The Hall–Kier alpha value is -1.28. The average molecular weight is 310 g/mol. The van der Waals surface area contributed by atoms with E-state index >= 15 is 0 Å². The first-order valence-electron chi connectivity index (χ1n) is 6.02. The average Bonchev–Trinajstić information content (AvgIpc) is 2.26. The Morgan fingerprint density at radius 1 is 1.25 bits per heavy atom. The Morgan fingerprint density at radius 2 is 1.80 bits per heavy atom. The Balaban J connectivity index is 2.58. The molecule has 0 saturated heterocycles. The van der Waals surface area contributed by atoms with Gasteiger partial charge in [-0.05, 0) is 31.0 Å². The molecule has 0 radical (unpaired) electrons. The Morgan fingerprint density at radius 3 is 2.25 bits per heavy atom. The van der Waals surface area contributed by atoms with Gasteiger partial charge in [-0.3, -0.25) is 4.72 Å². The maximum Gasteiger partial charge on any atom is 0.389 e. The molecule has 1 aromatic rings. The highest BCUT2D eigenvalue weighted by Gasteiger charge is 2.27. The maximum atomic E-state index is 12.0. The van der Waals surface area contributed by atoms with Crippen LogP contribution in [0.1, 0.15) is 31.4 Å². The molecule has 0 amide bonds. The summed E-state index contributed by atoms with van der Waals surface area (Å²) in [6.07, 6.45) is -5.91. The molecule has 8 heteroatoms. The summed E-state index contributed by atoms with van der Waals surface area (Å²) >= 11 is 0. The molecule has 0 aliphatic rings. The van der Waals surface area contributed by atoms with Crippen LogP contribution < -0.4 is 10.5 Å². The van der Waals surface area contributed by atoms with Crippen molar-refractivity contribution in [3.63, 3.8) is 0 Å². The van der Waals surface area contributed by atoms with Gasteiger partial charge in [0.1, 0.15) is 0 Å². The number of nitrogens with one attached hydrogen (secondary N) is 1. The lowest BCUT2D eigenvalue weighted by atomic mass is 10.1. The van der Waals surface area contributed by atoms with Crippen LogP contribution in [0, 0.1) is 0 Å². The second-order valence-electron chi connectivity index (χ2n) is 4.55. The summed E-state index contributed by atoms with van der Waals surface area (Å²) in [5.41, 5.74) is 6.80. The van der Waals surface area contributed by atoms with E-state index in [1.807, 2.05) is 0 Å². The number of hydrogen-bond acceptors (Lipinski definition) is 3. The van der Waals surface area contributed by atoms with Gasteiger partial charge in [-0.2, -0.15) is 13.2 Å². The summed E-state index contributed by atoms with van der Waals surface area (Å²) < 4.78 is 61.3. The van der Waals surface area contributed by atoms with Gasteiger partial charge in [0.15, 0.2) is 0 Å². The van der Waals surface area contributed by atoms with Crippen molar-refractivity contribution >= 4 is 15.7 Å². The zero-order chi connectivity index (χ0) is 15.4. The van der Waals surface area contributed by atoms with Gasteiger partial charge in [-0.1, -0.05) is 12.1 Å². The molecule has 0 heterocycles. The van der Waals surface area contributed by atoms with Crippen molar-refractivity contribution < 1.29 is 21.6 Å². The van der Waals surface area contributed by atoms with E-state index in [1.165, 1.54) is 12.1 Å². The van der Waals surface area contributed by atoms with Crippen molar-refractivity contribution in [3.8, 4) is 0 Å². The molecule has 4 nitrogen and oxygen atoms in total. The van der Waals surface area contributed by atoms with E-state index in [0.717, 1.165) is 5.56 Å². The summed E-state index contributed by atoms with van der Waals surface area (Å²) in [6, 6.07) is 6.21. The van der Waals surface area contributed by atoms with Crippen LogP contribution in [-0.2, 0) is 10.0 Å². The molecule has 0 bridgehead atoms. The van der Waals surface area contributed by atoms with E-state index in [4.69, 9.17) is 5.73 Å². The quantitative estimate of drug-likeness (QED) is 0.848. The van der Waals surface area contributed by atoms with Gasteiger partial charge >= 0.3 is 6.18 Å². The molecule has 0 aliphatic heterocycles. The lowest BCUT2D eigenvalue weighted by molar-refractivity contribution is -0.134. The number of rotatable bonds is 6. The highest BCUT2D eigenvalue weighted by atomic mass is 32.2. The molecule has 20 heavy (non-hydrogen) atoms. The van der Waals surface area contributed by atoms with Gasteiger partial charge < -0.3 is 5.73 Å². The Bertz CT molecular complexity index is 525. The maximum absolute atomic E-state index is 12.0. The van der Waals surface area contributed by atoms with Crippen LogP contribution in [0.4, 0.5) is 18.9 Å². The number of sulfonamides is 1. The first-order valence-corrected chi connectivity index (χ1v) is 7.67. The van der Waals surface area contributed by atoms with Crippen LogP contribution in [0.15, 0.2) is 24.3 Å². The Kier molecular flexibility index (Phi) is 5.41. The third-order valence-electron chi connectivity index (χ3n) is 2.58. The molecular weight excluding hydrogens is 293 g/mol. The van der Waals surface area contributed by atoms with Crippen LogP contribution in [0.25, 0.3) is 0 Å². The van der Waals surface area contributed by atoms with Crippen molar-refractivity contribution in [2.24, 2.45) is 5.73 Å². The lowest BCUT2D eigenvalue weighted by Gasteiger charge is -2.10. The second-order valence-corrected chi connectivity index (χ2v) is 6.39. The standard InChI is InChI=1S/C12H17F3N2O2S/c1-9(16)10-3-5-11(6-4-10)17-20(18,19)8-2-7-12(13,14)15/h3-6,9,17H,2,7-8,16H2,1H3. The highest BCUT2D eigenvalue weighted by Crippen LogP contribution is 2.22. The minimum Gasteiger partial charge on any atom is -0.324 e. The molecule has 1 atom stereocenters. The van der Waals surface area contributed by atoms with Gasteiger partial charge in [-0.25, -0.2) is 8.42 Å². The van der Waals surface area contributed by atoms with Gasteiger partial charge in [0, 0.05) is 18.2 Å². The monoisotopic (exact) mass is 310 g/mol. The lowest BCUT2D eigenvalue weighted by Crippen LogP contribution is -2.19. The number of hydrogen-bond donors (Lipinski definition) is 2. The largest absolute Gasteiger partial charge is 0.389 e. The molecular formula is C12H17F3N2O2S. The first kappa shape index (κ1) is 16.8. The van der Waals surface area contributed by atoms with E-state index in [0.29, 0.717) is 5.69 Å². The molecule has 114 valence electrons. The number of halogens is 3. The highest BCUT2D eigenvalue weighted by molar-refractivity contribution is 7.92. The summed E-state index contributed by atoms with van der Waals surface area (Å²) in [6.45, 7) is 1.79. The number of nitrogens with two attached hydrogens (primary N) is 1. The fourth-order valence-corrected chi connectivity index (χ4v) is 2.67. The molecule has 0 spiro atoms. The second kappa shape index (κ2) is 6.45. The zero-order valence-corrected chi connectivity index (χ0v) is 11.8. The molecule has 0 saturated carbocycles. The van der Waals surface area contributed by atoms with Crippen molar-refractivity contribution in [3.05, 3.63) is 29.8 Å². The first-order chi connectivity index (χ1) is 9.09. The predicted octanol–water partition coefficient (Wildman–Crippen LogP) is 2.79. The number of benzene rings is 1. The summed E-state index contributed by atoms with van der Waals surface area (Å²) in [5.74, 6) is -0.568. The number of alkyl halides is 3. The molecule has 3 N–H and O–H groups in total. The van der Waals surface area contributed by atoms with Gasteiger partial charge in [0.05, 0.1) is 5.75 Å². The van der Waals surface area contributed by atoms with E-state index in [-0.39, 0.29) is 6.04 Å². The Labute approximate surface area is 116 Å². The smallest absolute Gasteiger partial charge is 0.324 e. The summed E-state index contributed by atoms with van der Waals surface area (Å²) in [5, 5.41) is 0. The minimum atomic E-state index is -4.34. The van der Waals surface area contributed by atoms with Crippen molar-refractivity contribution in [1.82, 2.24) is 0 Å². The van der Waals surface area contributed by atoms with E-state index in [9.17, 15) is 21.6 Å². The molecule has 1 unspecified atom stereocenters. The van der Waals surface area contributed by atoms with E-state index in [1.54, 1.807) is 19.1 Å². The van der Waals surface area contributed by atoms with Crippen LogP contribution in [0.5, 0.6) is 0 Å². The van der Waals surface area contributed by atoms with Gasteiger partial charge in [0.25, 0.3) is 0 Å². The molecule has 0 aromatic heterocycles. The minimum absolute atomic E-state index is 0.174. The van der Waals surface area contributed by atoms with E-state index < -0.39 is 34.8 Å². The third-order valence-corrected chi connectivity index (χ3v) is 3.96. The normalized spacial score (nSPS) is 14.1. The summed E-state index contributed by atoms with van der Waals surface area (Å²) in [7, 11) is -3.77. The molecule has 1 aromatic carbocycles. The summed E-state index contributed by atoms with van der Waals surface area (Å²) in [4.78, 5) is 0. The van der Waals surface area contributed by atoms with Crippen LogP contribution in [-0.4, -0.2) is 20.3 Å². The van der Waals surface area contributed by atoms with Gasteiger partial charge in [-0.15, -0.1) is 0 Å². The fourth-order valence-electron chi connectivity index (χ4n) is 1.55. The fraction of sp³-hybridized carbons (Fsp3) is 0.500. The SMILES string of the molecule is CC(N)c1ccc(NS(=O)(=O)CCCC(F)(F)F)cc1. The van der Waals surface area contributed by atoms with Crippen molar-refractivity contribution in [1.29, 1.82) is 0 Å².